The van der Waals surface area contributed by atoms with Crippen molar-refractivity contribution in [1.29, 1.82) is 0 Å². The number of thioether (sulfide) groups is 2. The zero-order valence-electron chi connectivity index (χ0n) is 8.08. The molecule has 0 atom stereocenters. The third-order valence-corrected chi connectivity index (χ3v) is 4.58. The topological polar surface area (TPSA) is 17.1 Å². The van der Waals surface area contributed by atoms with E-state index in [1.165, 1.54) is 27.7 Å². The van der Waals surface area contributed by atoms with Crippen molar-refractivity contribution < 1.29 is 4.79 Å². The van der Waals surface area contributed by atoms with Crippen LogP contribution in [0.3, 0.4) is 0 Å². The molecule has 0 bridgehead atoms. The van der Waals surface area contributed by atoms with Gasteiger partial charge in [-0.2, -0.15) is 0 Å². The Labute approximate surface area is 92.7 Å². The molecule has 1 nitrogen and oxygen atoms in total. The second-order valence-electron chi connectivity index (χ2n) is 3.27. The number of Topliss-reactive ketones (excluding diaryl/α,β-unsaturated/α-hetero) is 1. The quantitative estimate of drug-likeness (QED) is 0.680. The standard InChI is InChI=1S/C11H12OS2/c1-8(12)9-3-4-10-11(7-9)14-6-2-5-13-10/h3-4,7H,2,5-6H2,1H3. The van der Waals surface area contributed by atoms with E-state index in [1.807, 2.05) is 35.7 Å². The molecule has 0 saturated carbocycles. The Balaban J connectivity index is 2.37. The van der Waals surface area contributed by atoms with Crippen molar-refractivity contribution in [3.05, 3.63) is 23.8 Å². The second-order valence-corrected chi connectivity index (χ2v) is 5.54. The molecule has 0 spiro atoms. The van der Waals surface area contributed by atoms with Gasteiger partial charge in [-0.15, -0.1) is 23.5 Å². The fourth-order valence-electron chi connectivity index (χ4n) is 1.38. The summed E-state index contributed by atoms with van der Waals surface area (Å²) in [5.41, 5.74) is 0.832. The van der Waals surface area contributed by atoms with Gasteiger partial charge in [0, 0.05) is 15.4 Å². The number of rotatable bonds is 1. The van der Waals surface area contributed by atoms with Crippen LogP contribution in [0.5, 0.6) is 0 Å². The van der Waals surface area contributed by atoms with Crippen molar-refractivity contribution >= 4 is 29.3 Å². The largest absolute Gasteiger partial charge is 0.295 e. The third-order valence-electron chi connectivity index (χ3n) is 2.15. The van der Waals surface area contributed by atoms with Gasteiger partial charge in [0.1, 0.15) is 0 Å². The summed E-state index contributed by atoms with van der Waals surface area (Å²) in [6, 6.07) is 6.04. The molecule has 3 heteroatoms. The van der Waals surface area contributed by atoms with E-state index in [2.05, 4.69) is 6.07 Å². The van der Waals surface area contributed by atoms with E-state index in [-0.39, 0.29) is 5.78 Å². The van der Waals surface area contributed by atoms with Gasteiger partial charge in [0.15, 0.2) is 5.78 Å². The SMILES string of the molecule is CC(=O)c1ccc2c(c1)SCCCS2. The minimum Gasteiger partial charge on any atom is -0.295 e. The van der Waals surface area contributed by atoms with Crippen molar-refractivity contribution in [2.24, 2.45) is 0 Å². The molecule has 0 amide bonds. The third kappa shape index (κ3) is 2.15. The molecule has 0 aromatic heterocycles. The maximum Gasteiger partial charge on any atom is 0.159 e. The van der Waals surface area contributed by atoms with Gasteiger partial charge in [0.05, 0.1) is 0 Å². The first-order chi connectivity index (χ1) is 6.77. The predicted octanol–water partition coefficient (Wildman–Crippen LogP) is 3.48. The van der Waals surface area contributed by atoms with Crippen molar-refractivity contribution in [3.63, 3.8) is 0 Å². The van der Waals surface area contributed by atoms with E-state index in [9.17, 15) is 4.79 Å². The lowest BCUT2D eigenvalue weighted by Gasteiger charge is -2.05. The summed E-state index contributed by atoms with van der Waals surface area (Å²) in [7, 11) is 0. The first-order valence-electron chi connectivity index (χ1n) is 4.68. The molecule has 1 aliphatic heterocycles. The van der Waals surface area contributed by atoms with E-state index in [0.29, 0.717) is 0 Å². The predicted molar refractivity (Wildman–Crippen MR) is 62.5 cm³/mol. The first kappa shape index (κ1) is 10.1. The van der Waals surface area contributed by atoms with Crippen LogP contribution in [0.1, 0.15) is 23.7 Å². The Bertz CT molecular complexity index is 360. The zero-order chi connectivity index (χ0) is 9.97. The summed E-state index contributed by atoms with van der Waals surface area (Å²) in [5.74, 6) is 2.52. The maximum atomic E-state index is 11.2. The van der Waals surface area contributed by atoms with Crippen LogP contribution in [0.15, 0.2) is 28.0 Å². The Morgan fingerprint density at radius 1 is 1.21 bits per heavy atom. The molecule has 2 rings (SSSR count). The molecular formula is C11H12OS2. The van der Waals surface area contributed by atoms with Gasteiger partial charge in [-0.05, 0) is 37.0 Å². The summed E-state index contributed by atoms with van der Waals surface area (Å²) >= 11 is 3.77. The molecule has 1 aromatic carbocycles. The Morgan fingerprint density at radius 3 is 2.64 bits per heavy atom. The molecule has 0 aliphatic carbocycles. The number of fused-ring (bicyclic) bond motifs is 1. The molecule has 0 unspecified atom stereocenters. The van der Waals surface area contributed by atoms with Crippen LogP contribution >= 0.6 is 23.5 Å². The van der Waals surface area contributed by atoms with E-state index in [0.717, 1.165) is 5.56 Å². The van der Waals surface area contributed by atoms with Crippen molar-refractivity contribution in [2.45, 2.75) is 23.1 Å². The van der Waals surface area contributed by atoms with Crippen LogP contribution in [-0.4, -0.2) is 17.3 Å². The van der Waals surface area contributed by atoms with Crippen LogP contribution in [0, 0.1) is 0 Å². The van der Waals surface area contributed by atoms with Gasteiger partial charge in [0.2, 0.25) is 0 Å². The molecule has 1 heterocycles. The van der Waals surface area contributed by atoms with Gasteiger partial charge in [-0.1, -0.05) is 6.07 Å². The highest BCUT2D eigenvalue weighted by molar-refractivity contribution is 8.03. The minimum absolute atomic E-state index is 0.155. The zero-order valence-corrected chi connectivity index (χ0v) is 9.71. The average Bonchev–Trinajstić information content (AvgIpc) is 2.41. The summed E-state index contributed by atoms with van der Waals surface area (Å²) in [6.45, 7) is 1.62. The number of hydrogen-bond donors (Lipinski definition) is 0. The number of carbonyl (C=O) groups is 1. The van der Waals surface area contributed by atoms with Gasteiger partial charge in [-0.3, -0.25) is 4.79 Å². The van der Waals surface area contributed by atoms with Gasteiger partial charge < -0.3 is 0 Å². The van der Waals surface area contributed by atoms with Crippen LogP contribution in [0.25, 0.3) is 0 Å². The highest BCUT2D eigenvalue weighted by Gasteiger charge is 2.10. The highest BCUT2D eigenvalue weighted by atomic mass is 32.2. The highest BCUT2D eigenvalue weighted by Crippen LogP contribution is 2.35. The van der Waals surface area contributed by atoms with Crippen LogP contribution in [0.4, 0.5) is 0 Å². The first-order valence-corrected chi connectivity index (χ1v) is 6.65. The molecule has 1 aliphatic rings. The van der Waals surface area contributed by atoms with Gasteiger partial charge in [-0.25, -0.2) is 0 Å². The molecule has 14 heavy (non-hydrogen) atoms. The number of hydrogen-bond acceptors (Lipinski definition) is 3. The Hall–Kier alpha value is -0.410. The Kier molecular flexibility index (Phi) is 3.19. The number of carbonyl (C=O) groups excluding carboxylic acids is 1. The summed E-state index contributed by atoms with van der Waals surface area (Å²) in [5, 5.41) is 0. The molecule has 0 fully saturated rings. The average molecular weight is 224 g/mol. The van der Waals surface area contributed by atoms with Crippen molar-refractivity contribution in [3.8, 4) is 0 Å². The van der Waals surface area contributed by atoms with Crippen molar-refractivity contribution in [2.75, 3.05) is 11.5 Å². The molecule has 0 saturated heterocycles. The summed E-state index contributed by atoms with van der Waals surface area (Å²) < 4.78 is 0. The lowest BCUT2D eigenvalue weighted by molar-refractivity contribution is 0.101. The lowest BCUT2D eigenvalue weighted by atomic mass is 10.1. The molecule has 0 N–H and O–H groups in total. The number of ketones is 1. The normalized spacial score (nSPS) is 15.8. The fourth-order valence-corrected chi connectivity index (χ4v) is 3.72. The van der Waals surface area contributed by atoms with E-state index in [1.54, 1.807) is 6.92 Å². The lowest BCUT2D eigenvalue weighted by Crippen LogP contribution is -1.92. The monoisotopic (exact) mass is 224 g/mol. The smallest absolute Gasteiger partial charge is 0.159 e. The summed E-state index contributed by atoms with van der Waals surface area (Å²) in [4.78, 5) is 13.8. The van der Waals surface area contributed by atoms with Crippen molar-refractivity contribution in [1.82, 2.24) is 0 Å². The Morgan fingerprint density at radius 2 is 1.93 bits per heavy atom. The van der Waals surface area contributed by atoms with E-state index < -0.39 is 0 Å². The molecular weight excluding hydrogens is 212 g/mol. The van der Waals surface area contributed by atoms with Crippen LogP contribution < -0.4 is 0 Å². The summed E-state index contributed by atoms with van der Waals surface area (Å²) in [6.07, 6.45) is 1.25. The van der Waals surface area contributed by atoms with Crippen LogP contribution in [-0.2, 0) is 0 Å². The van der Waals surface area contributed by atoms with E-state index >= 15 is 0 Å². The molecule has 0 radical (unpaired) electrons. The van der Waals surface area contributed by atoms with E-state index in [4.69, 9.17) is 0 Å². The van der Waals surface area contributed by atoms with Gasteiger partial charge >= 0.3 is 0 Å². The van der Waals surface area contributed by atoms with Gasteiger partial charge in [0.25, 0.3) is 0 Å². The maximum absolute atomic E-state index is 11.2. The molecule has 74 valence electrons. The minimum atomic E-state index is 0.155. The second kappa shape index (κ2) is 4.41. The number of benzene rings is 1. The van der Waals surface area contributed by atoms with Crippen LogP contribution in [0.2, 0.25) is 0 Å². The fraction of sp³-hybridized carbons (Fsp3) is 0.364. The molecule has 1 aromatic rings.